The molecule has 0 N–H and O–H groups in total. The van der Waals surface area contributed by atoms with Crippen LogP contribution >= 0.6 is 15.9 Å². The van der Waals surface area contributed by atoms with Crippen molar-refractivity contribution >= 4 is 15.9 Å². The van der Waals surface area contributed by atoms with Gasteiger partial charge in [0.15, 0.2) is 0 Å². The number of aryl methyl sites for hydroxylation is 1. The van der Waals surface area contributed by atoms with Crippen molar-refractivity contribution in [2.75, 3.05) is 13.1 Å². The van der Waals surface area contributed by atoms with Crippen molar-refractivity contribution in [3.05, 3.63) is 29.6 Å². The Morgan fingerprint density at radius 1 is 1.50 bits per heavy atom. The summed E-state index contributed by atoms with van der Waals surface area (Å²) < 4.78 is 0. The minimum atomic E-state index is 0.631. The molecule has 2 nitrogen and oxygen atoms in total. The summed E-state index contributed by atoms with van der Waals surface area (Å²) in [6.07, 6.45) is 1.28. The molecule has 2 rings (SSSR count). The minimum absolute atomic E-state index is 0.631. The van der Waals surface area contributed by atoms with Crippen LogP contribution in [0.15, 0.2) is 18.2 Å². The third-order valence-corrected chi connectivity index (χ3v) is 4.47. The van der Waals surface area contributed by atoms with Gasteiger partial charge >= 0.3 is 0 Å². The number of aromatic nitrogens is 1. The van der Waals surface area contributed by atoms with Crippen LogP contribution in [0.1, 0.15) is 24.7 Å². The first kappa shape index (κ1) is 12.1. The number of hydrogen-bond acceptors (Lipinski definition) is 2. The Bertz CT molecular complexity index is 354. The third kappa shape index (κ3) is 3.05. The SMILES string of the molecule is Cc1cccc(CN2CCC(C)C(Br)C2)n1. The fourth-order valence-electron chi connectivity index (χ4n) is 2.15. The maximum Gasteiger partial charge on any atom is 0.0547 e. The van der Waals surface area contributed by atoms with Crippen molar-refractivity contribution in [1.29, 1.82) is 0 Å². The summed E-state index contributed by atoms with van der Waals surface area (Å²) in [5.41, 5.74) is 2.30. The standard InChI is InChI=1S/C13H19BrN2/c1-10-6-7-16(9-13(10)14)8-12-5-3-4-11(2)15-12/h3-5,10,13H,6-9H2,1-2H3. The lowest BCUT2D eigenvalue weighted by atomic mass is 9.99. The van der Waals surface area contributed by atoms with Crippen LogP contribution < -0.4 is 0 Å². The van der Waals surface area contributed by atoms with E-state index in [0.29, 0.717) is 4.83 Å². The predicted molar refractivity (Wildman–Crippen MR) is 70.7 cm³/mol. The molecule has 1 aliphatic heterocycles. The van der Waals surface area contributed by atoms with E-state index in [-0.39, 0.29) is 0 Å². The van der Waals surface area contributed by atoms with Crippen LogP contribution in [0.3, 0.4) is 0 Å². The number of pyridine rings is 1. The molecule has 0 amide bonds. The van der Waals surface area contributed by atoms with E-state index in [1.807, 2.05) is 0 Å². The first-order valence-corrected chi connectivity index (χ1v) is 6.85. The molecule has 1 aromatic heterocycles. The average Bonchev–Trinajstić information content (AvgIpc) is 2.24. The highest BCUT2D eigenvalue weighted by molar-refractivity contribution is 9.09. The van der Waals surface area contributed by atoms with Gasteiger partial charge in [0.25, 0.3) is 0 Å². The van der Waals surface area contributed by atoms with E-state index in [1.165, 1.54) is 18.7 Å². The zero-order valence-electron chi connectivity index (χ0n) is 9.99. The fraction of sp³-hybridized carbons (Fsp3) is 0.615. The van der Waals surface area contributed by atoms with Gasteiger partial charge in [-0.15, -0.1) is 0 Å². The molecular formula is C13H19BrN2. The summed E-state index contributed by atoms with van der Waals surface area (Å²) in [5.74, 6) is 0.793. The summed E-state index contributed by atoms with van der Waals surface area (Å²) in [6.45, 7) is 7.68. The molecule has 2 atom stereocenters. The lowest BCUT2D eigenvalue weighted by molar-refractivity contribution is 0.192. The van der Waals surface area contributed by atoms with E-state index in [4.69, 9.17) is 0 Å². The molecule has 16 heavy (non-hydrogen) atoms. The molecular weight excluding hydrogens is 264 g/mol. The molecule has 2 unspecified atom stereocenters. The summed E-state index contributed by atoms with van der Waals surface area (Å²) in [7, 11) is 0. The molecule has 0 aromatic carbocycles. The van der Waals surface area contributed by atoms with Gasteiger partial charge in [0.05, 0.1) is 5.69 Å². The van der Waals surface area contributed by atoms with Gasteiger partial charge in [-0.25, -0.2) is 0 Å². The van der Waals surface area contributed by atoms with Crippen molar-refractivity contribution in [1.82, 2.24) is 9.88 Å². The monoisotopic (exact) mass is 282 g/mol. The smallest absolute Gasteiger partial charge is 0.0547 e. The Kier molecular flexibility index (Phi) is 3.98. The second kappa shape index (κ2) is 5.28. The van der Waals surface area contributed by atoms with Crippen LogP contribution in [0.5, 0.6) is 0 Å². The average molecular weight is 283 g/mol. The molecule has 0 radical (unpaired) electrons. The zero-order valence-corrected chi connectivity index (χ0v) is 11.6. The van der Waals surface area contributed by atoms with Gasteiger partial charge in [0, 0.05) is 23.6 Å². The predicted octanol–water partition coefficient (Wildman–Crippen LogP) is 3.00. The summed E-state index contributed by atoms with van der Waals surface area (Å²) in [5, 5.41) is 0. The van der Waals surface area contributed by atoms with Gasteiger partial charge < -0.3 is 0 Å². The van der Waals surface area contributed by atoms with E-state index >= 15 is 0 Å². The van der Waals surface area contributed by atoms with E-state index in [1.54, 1.807) is 0 Å². The first-order valence-electron chi connectivity index (χ1n) is 5.94. The molecule has 1 aromatic rings. The Hall–Kier alpha value is -0.410. The van der Waals surface area contributed by atoms with Crippen molar-refractivity contribution in [3.8, 4) is 0 Å². The van der Waals surface area contributed by atoms with Crippen LogP contribution in [-0.4, -0.2) is 27.8 Å². The summed E-state index contributed by atoms with van der Waals surface area (Å²) in [6, 6.07) is 6.26. The van der Waals surface area contributed by atoms with E-state index in [9.17, 15) is 0 Å². The molecule has 0 saturated carbocycles. The van der Waals surface area contributed by atoms with Gasteiger partial charge in [-0.1, -0.05) is 28.9 Å². The van der Waals surface area contributed by atoms with Crippen LogP contribution in [0, 0.1) is 12.8 Å². The largest absolute Gasteiger partial charge is 0.296 e. The first-order chi connectivity index (χ1) is 7.65. The molecule has 1 fully saturated rings. The quantitative estimate of drug-likeness (QED) is 0.776. The van der Waals surface area contributed by atoms with E-state index in [2.05, 4.69) is 57.9 Å². The highest BCUT2D eigenvalue weighted by Crippen LogP contribution is 2.24. The van der Waals surface area contributed by atoms with Gasteiger partial charge in [-0.3, -0.25) is 9.88 Å². The van der Waals surface area contributed by atoms with Crippen molar-refractivity contribution in [3.63, 3.8) is 0 Å². The number of halogens is 1. The zero-order chi connectivity index (χ0) is 11.5. The number of piperidine rings is 1. The van der Waals surface area contributed by atoms with Gasteiger partial charge in [0.2, 0.25) is 0 Å². The second-order valence-corrected chi connectivity index (χ2v) is 5.96. The molecule has 0 spiro atoms. The van der Waals surface area contributed by atoms with Crippen molar-refractivity contribution in [2.24, 2.45) is 5.92 Å². The lowest BCUT2D eigenvalue weighted by Crippen LogP contribution is -2.39. The van der Waals surface area contributed by atoms with Crippen molar-refractivity contribution in [2.45, 2.75) is 31.6 Å². The second-order valence-electron chi connectivity index (χ2n) is 4.79. The van der Waals surface area contributed by atoms with Gasteiger partial charge in [-0.2, -0.15) is 0 Å². The lowest BCUT2D eigenvalue weighted by Gasteiger charge is -2.33. The number of alkyl halides is 1. The maximum atomic E-state index is 4.55. The minimum Gasteiger partial charge on any atom is -0.296 e. The van der Waals surface area contributed by atoms with Crippen LogP contribution in [0.4, 0.5) is 0 Å². The Morgan fingerprint density at radius 3 is 3.00 bits per heavy atom. The van der Waals surface area contributed by atoms with Gasteiger partial charge in [-0.05, 0) is 37.9 Å². The fourth-order valence-corrected chi connectivity index (χ4v) is 2.82. The van der Waals surface area contributed by atoms with E-state index in [0.717, 1.165) is 24.7 Å². The molecule has 1 aliphatic rings. The molecule has 88 valence electrons. The van der Waals surface area contributed by atoms with E-state index < -0.39 is 0 Å². The van der Waals surface area contributed by atoms with Crippen LogP contribution in [-0.2, 0) is 6.54 Å². The highest BCUT2D eigenvalue weighted by atomic mass is 79.9. The van der Waals surface area contributed by atoms with Gasteiger partial charge in [0.1, 0.15) is 0 Å². The Labute approximate surface area is 106 Å². The Morgan fingerprint density at radius 2 is 2.31 bits per heavy atom. The molecule has 1 saturated heterocycles. The number of hydrogen-bond donors (Lipinski definition) is 0. The Balaban J connectivity index is 1.95. The number of likely N-dealkylation sites (tertiary alicyclic amines) is 1. The normalized spacial score (nSPS) is 26.9. The number of rotatable bonds is 2. The summed E-state index contributed by atoms with van der Waals surface area (Å²) in [4.78, 5) is 7.67. The highest BCUT2D eigenvalue weighted by Gasteiger charge is 2.23. The van der Waals surface area contributed by atoms with Crippen LogP contribution in [0.2, 0.25) is 0 Å². The molecule has 2 heterocycles. The molecule has 3 heteroatoms. The van der Waals surface area contributed by atoms with Crippen LogP contribution in [0.25, 0.3) is 0 Å². The maximum absolute atomic E-state index is 4.55. The molecule has 0 aliphatic carbocycles. The van der Waals surface area contributed by atoms with Crippen molar-refractivity contribution < 1.29 is 0 Å². The topological polar surface area (TPSA) is 16.1 Å². The number of nitrogens with zero attached hydrogens (tertiary/aromatic N) is 2. The molecule has 0 bridgehead atoms. The third-order valence-electron chi connectivity index (χ3n) is 3.28. The summed E-state index contributed by atoms with van der Waals surface area (Å²) >= 11 is 3.76.